The summed E-state index contributed by atoms with van der Waals surface area (Å²) >= 11 is 1.68. The molecule has 0 unspecified atom stereocenters. The summed E-state index contributed by atoms with van der Waals surface area (Å²) in [5.74, 6) is 1.97. The molecule has 1 aromatic rings. The average Bonchev–Trinajstić information content (AvgIpc) is 2.63. The number of furan rings is 1. The third-order valence-corrected chi connectivity index (χ3v) is 3.78. The second-order valence-electron chi connectivity index (χ2n) is 3.73. The Morgan fingerprint density at radius 1 is 1.53 bits per heavy atom. The largest absolute Gasteiger partial charge is 0.468 e. The molecule has 15 heavy (non-hydrogen) atoms. The molecule has 0 spiro atoms. The summed E-state index contributed by atoms with van der Waals surface area (Å²) in [4.78, 5) is 14.6. The van der Waals surface area contributed by atoms with Gasteiger partial charge in [0.15, 0.2) is 0 Å². The monoisotopic (exact) mass is 225 g/mol. The highest BCUT2D eigenvalue weighted by Gasteiger charge is 2.18. The molecule has 2 rings (SSSR count). The van der Waals surface area contributed by atoms with Gasteiger partial charge in [-0.25, -0.2) is 0 Å². The van der Waals surface area contributed by atoms with Gasteiger partial charge in [0, 0.05) is 13.0 Å². The smallest absolute Gasteiger partial charge is 0.223 e. The van der Waals surface area contributed by atoms with E-state index < -0.39 is 0 Å². The van der Waals surface area contributed by atoms with Crippen LogP contribution in [0.3, 0.4) is 0 Å². The molecule has 0 radical (unpaired) electrons. The number of hydrogen-bond acceptors (Lipinski definition) is 3. The maximum absolute atomic E-state index is 11.5. The standard InChI is InChI=1S/C11H15NO2S/c1-9-10(5-7-14-9)15-8-12-6-3-2-4-11(12)13/h5,7H,2-4,6,8H2,1H3. The Morgan fingerprint density at radius 2 is 2.40 bits per heavy atom. The van der Waals surface area contributed by atoms with Crippen molar-refractivity contribution in [3.05, 3.63) is 18.1 Å². The van der Waals surface area contributed by atoms with Crippen LogP contribution < -0.4 is 0 Å². The number of rotatable bonds is 3. The third kappa shape index (κ3) is 2.56. The average molecular weight is 225 g/mol. The zero-order valence-corrected chi connectivity index (χ0v) is 9.68. The van der Waals surface area contributed by atoms with E-state index in [4.69, 9.17) is 4.42 Å². The fourth-order valence-electron chi connectivity index (χ4n) is 1.67. The molecule has 2 heterocycles. The number of nitrogens with zero attached hydrogens (tertiary/aromatic N) is 1. The topological polar surface area (TPSA) is 33.5 Å². The summed E-state index contributed by atoms with van der Waals surface area (Å²) in [6, 6.07) is 1.95. The number of amides is 1. The first-order chi connectivity index (χ1) is 7.27. The number of carbonyl (C=O) groups is 1. The van der Waals surface area contributed by atoms with Crippen LogP contribution in [0.4, 0.5) is 0 Å². The number of piperidine rings is 1. The maximum Gasteiger partial charge on any atom is 0.223 e. The summed E-state index contributed by atoms with van der Waals surface area (Å²) in [6.45, 7) is 2.85. The molecule has 1 aliphatic heterocycles. The highest BCUT2D eigenvalue weighted by atomic mass is 32.2. The van der Waals surface area contributed by atoms with Crippen molar-refractivity contribution in [1.82, 2.24) is 4.90 Å². The van der Waals surface area contributed by atoms with Crippen LogP contribution in [-0.4, -0.2) is 23.2 Å². The quantitative estimate of drug-likeness (QED) is 0.741. The van der Waals surface area contributed by atoms with Gasteiger partial charge in [-0.2, -0.15) is 0 Å². The third-order valence-electron chi connectivity index (χ3n) is 2.61. The van der Waals surface area contributed by atoms with E-state index in [0.29, 0.717) is 6.42 Å². The second-order valence-corrected chi connectivity index (χ2v) is 4.72. The van der Waals surface area contributed by atoms with Crippen molar-refractivity contribution < 1.29 is 9.21 Å². The van der Waals surface area contributed by atoms with Crippen molar-refractivity contribution in [3.63, 3.8) is 0 Å². The van der Waals surface area contributed by atoms with Gasteiger partial charge in [-0.05, 0) is 25.8 Å². The van der Waals surface area contributed by atoms with Crippen molar-refractivity contribution in [2.45, 2.75) is 31.1 Å². The van der Waals surface area contributed by atoms with E-state index in [0.717, 1.165) is 35.9 Å². The lowest BCUT2D eigenvalue weighted by molar-refractivity contribution is -0.132. The summed E-state index contributed by atoms with van der Waals surface area (Å²) < 4.78 is 5.21. The van der Waals surface area contributed by atoms with E-state index in [-0.39, 0.29) is 5.91 Å². The van der Waals surface area contributed by atoms with Crippen molar-refractivity contribution in [3.8, 4) is 0 Å². The summed E-state index contributed by atoms with van der Waals surface area (Å²) in [6.07, 6.45) is 4.59. The zero-order valence-electron chi connectivity index (χ0n) is 8.86. The Kier molecular flexibility index (Phi) is 3.36. The number of likely N-dealkylation sites (tertiary alicyclic amines) is 1. The van der Waals surface area contributed by atoms with Gasteiger partial charge in [0.25, 0.3) is 0 Å². The van der Waals surface area contributed by atoms with Crippen LogP contribution in [0, 0.1) is 6.92 Å². The molecule has 1 aliphatic rings. The highest BCUT2D eigenvalue weighted by molar-refractivity contribution is 7.99. The van der Waals surface area contributed by atoms with Gasteiger partial charge in [0.05, 0.1) is 17.0 Å². The summed E-state index contributed by atoms with van der Waals surface area (Å²) in [7, 11) is 0. The molecule has 3 nitrogen and oxygen atoms in total. The van der Waals surface area contributed by atoms with Crippen molar-refractivity contribution >= 4 is 17.7 Å². The van der Waals surface area contributed by atoms with Crippen LogP contribution in [-0.2, 0) is 4.79 Å². The van der Waals surface area contributed by atoms with E-state index in [1.165, 1.54) is 0 Å². The summed E-state index contributed by atoms with van der Waals surface area (Å²) in [5, 5.41) is 0. The van der Waals surface area contributed by atoms with Gasteiger partial charge in [0.1, 0.15) is 5.76 Å². The lowest BCUT2D eigenvalue weighted by Gasteiger charge is -2.26. The van der Waals surface area contributed by atoms with Crippen LogP contribution in [0.25, 0.3) is 0 Å². The molecule has 1 saturated heterocycles. The second kappa shape index (κ2) is 4.75. The van der Waals surface area contributed by atoms with Crippen molar-refractivity contribution in [1.29, 1.82) is 0 Å². The SMILES string of the molecule is Cc1occc1SCN1CCCCC1=O. The van der Waals surface area contributed by atoms with E-state index in [1.807, 2.05) is 17.9 Å². The van der Waals surface area contributed by atoms with Crippen molar-refractivity contribution in [2.75, 3.05) is 12.4 Å². The minimum atomic E-state index is 0.287. The lowest BCUT2D eigenvalue weighted by Crippen LogP contribution is -2.34. The molecule has 0 atom stereocenters. The summed E-state index contributed by atoms with van der Waals surface area (Å²) in [5.41, 5.74) is 0. The Hall–Kier alpha value is -0.900. The number of thioether (sulfide) groups is 1. The Labute approximate surface area is 93.8 Å². The molecule has 0 N–H and O–H groups in total. The maximum atomic E-state index is 11.5. The van der Waals surface area contributed by atoms with Crippen LogP contribution >= 0.6 is 11.8 Å². The minimum absolute atomic E-state index is 0.287. The highest BCUT2D eigenvalue weighted by Crippen LogP contribution is 2.25. The lowest BCUT2D eigenvalue weighted by atomic mass is 10.1. The molecule has 1 aromatic heterocycles. The van der Waals surface area contributed by atoms with Gasteiger partial charge in [-0.1, -0.05) is 0 Å². The fraction of sp³-hybridized carbons (Fsp3) is 0.545. The molecule has 0 aliphatic carbocycles. The molecule has 4 heteroatoms. The van der Waals surface area contributed by atoms with Gasteiger partial charge in [-0.3, -0.25) is 4.79 Å². The number of aryl methyl sites for hydroxylation is 1. The van der Waals surface area contributed by atoms with Crippen LogP contribution in [0.2, 0.25) is 0 Å². The van der Waals surface area contributed by atoms with Crippen LogP contribution in [0.1, 0.15) is 25.0 Å². The van der Waals surface area contributed by atoms with E-state index in [2.05, 4.69) is 0 Å². The molecule has 82 valence electrons. The molecule has 1 amide bonds. The predicted octanol–water partition coefficient (Wildman–Crippen LogP) is 2.65. The number of carbonyl (C=O) groups excluding carboxylic acids is 1. The molecule has 1 fully saturated rings. The molecule has 0 bridgehead atoms. The van der Waals surface area contributed by atoms with E-state index in [9.17, 15) is 4.79 Å². The first kappa shape index (κ1) is 10.6. The molecular weight excluding hydrogens is 210 g/mol. The van der Waals surface area contributed by atoms with Gasteiger partial charge in [0.2, 0.25) is 5.91 Å². The van der Waals surface area contributed by atoms with Crippen LogP contribution in [0.5, 0.6) is 0 Å². The minimum Gasteiger partial charge on any atom is -0.468 e. The zero-order chi connectivity index (χ0) is 10.7. The van der Waals surface area contributed by atoms with E-state index >= 15 is 0 Å². The van der Waals surface area contributed by atoms with Gasteiger partial charge >= 0.3 is 0 Å². The fourth-order valence-corrected chi connectivity index (χ4v) is 2.64. The first-order valence-corrected chi connectivity index (χ1v) is 6.20. The van der Waals surface area contributed by atoms with Gasteiger partial charge in [-0.15, -0.1) is 11.8 Å². The molecule has 0 aromatic carbocycles. The molecular formula is C11H15NO2S. The normalized spacial score (nSPS) is 17.1. The van der Waals surface area contributed by atoms with E-state index in [1.54, 1.807) is 18.0 Å². The Bertz CT molecular complexity index is 348. The first-order valence-electron chi connectivity index (χ1n) is 5.22. The predicted molar refractivity (Wildman–Crippen MR) is 59.7 cm³/mol. The van der Waals surface area contributed by atoms with Crippen LogP contribution in [0.15, 0.2) is 21.6 Å². The van der Waals surface area contributed by atoms with Crippen molar-refractivity contribution in [2.24, 2.45) is 0 Å². The Balaban J connectivity index is 1.87. The number of hydrogen-bond donors (Lipinski definition) is 0. The van der Waals surface area contributed by atoms with Gasteiger partial charge < -0.3 is 9.32 Å². The Morgan fingerprint density at radius 3 is 3.07 bits per heavy atom. The molecule has 0 saturated carbocycles.